The van der Waals surface area contributed by atoms with Gasteiger partial charge in [0, 0.05) is 24.1 Å². The van der Waals surface area contributed by atoms with Crippen molar-refractivity contribution in [3.8, 4) is 0 Å². The zero-order valence-electron chi connectivity index (χ0n) is 10.6. The van der Waals surface area contributed by atoms with E-state index < -0.39 is 0 Å². The molecule has 0 saturated heterocycles. The van der Waals surface area contributed by atoms with Gasteiger partial charge in [0.1, 0.15) is 0 Å². The highest BCUT2D eigenvalue weighted by molar-refractivity contribution is 5.68. The fourth-order valence-electron chi connectivity index (χ4n) is 2.05. The van der Waals surface area contributed by atoms with Gasteiger partial charge in [-0.05, 0) is 43.7 Å². The molecule has 0 radical (unpaired) electrons. The first-order valence-electron chi connectivity index (χ1n) is 5.74. The topological polar surface area (TPSA) is 29.3 Å². The van der Waals surface area contributed by atoms with Crippen LogP contribution in [0.3, 0.4) is 0 Å². The summed E-state index contributed by atoms with van der Waals surface area (Å²) in [7, 11) is 2.06. The monoisotopic (exact) mass is 226 g/mol. The van der Waals surface area contributed by atoms with Crippen LogP contribution in [0.2, 0.25) is 0 Å². The van der Waals surface area contributed by atoms with Crippen molar-refractivity contribution in [1.82, 2.24) is 0 Å². The zero-order chi connectivity index (χ0) is 12.4. The van der Waals surface area contributed by atoms with E-state index >= 15 is 0 Å². The predicted molar refractivity (Wildman–Crippen MR) is 74.8 cm³/mol. The Kier molecular flexibility index (Phi) is 3.05. The lowest BCUT2D eigenvalue weighted by Crippen LogP contribution is -2.11. The van der Waals surface area contributed by atoms with Gasteiger partial charge in [0.05, 0.1) is 0 Å². The number of anilines is 3. The molecule has 0 saturated carbocycles. The second-order valence-corrected chi connectivity index (χ2v) is 4.44. The number of rotatable bonds is 2. The van der Waals surface area contributed by atoms with Gasteiger partial charge < -0.3 is 10.6 Å². The van der Waals surface area contributed by atoms with Crippen LogP contribution in [-0.2, 0) is 0 Å². The summed E-state index contributed by atoms with van der Waals surface area (Å²) in [5.41, 5.74) is 11.5. The van der Waals surface area contributed by atoms with Gasteiger partial charge in [-0.3, -0.25) is 0 Å². The van der Waals surface area contributed by atoms with E-state index in [0.29, 0.717) is 0 Å². The van der Waals surface area contributed by atoms with Crippen LogP contribution in [0.5, 0.6) is 0 Å². The Morgan fingerprint density at radius 1 is 1.00 bits per heavy atom. The maximum Gasteiger partial charge on any atom is 0.0437 e. The summed E-state index contributed by atoms with van der Waals surface area (Å²) < 4.78 is 0. The van der Waals surface area contributed by atoms with E-state index in [0.717, 1.165) is 11.4 Å². The highest BCUT2D eigenvalue weighted by Gasteiger charge is 2.06. The van der Waals surface area contributed by atoms with E-state index in [9.17, 15) is 0 Å². The van der Waals surface area contributed by atoms with Gasteiger partial charge in [0.25, 0.3) is 0 Å². The van der Waals surface area contributed by atoms with Crippen molar-refractivity contribution < 1.29 is 0 Å². The molecule has 0 aliphatic carbocycles. The fraction of sp³-hybridized carbons (Fsp3) is 0.200. The Morgan fingerprint density at radius 2 is 1.76 bits per heavy atom. The van der Waals surface area contributed by atoms with Crippen LogP contribution in [-0.4, -0.2) is 7.05 Å². The molecule has 2 N–H and O–H groups in total. The number of nitrogen functional groups attached to an aromatic ring is 1. The van der Waals surface area contributed by atoms with E-state index in [1.165, 1.54) is 16.8 Å². The average molecular weight is 226 g/mol. The van der Waals surface area contributed by atoms with Gasteiger partial charge >= 0.3 is 0 Å². The van der Waals surface area contributed by atoms with Crippen molar-refractivity contribution in [3.05, 3.63) is 53.6 Å². The quantitative estimate of drug-likeness (QED) is 0.792. The molecule has 2 heteroatoms. The van der Waals surface area contributed by atoms with Crippen LogP contribution in [0.4, 0.5) is 17.1 Å². The number of nitrogens with zero attached hydrogens (tertiary/aromatic N) is 1. The maximum atomic E-state index is 5.81. The molecule has 17 heavy (non-hydrogen) atoms. The molecule has 2 rings (SSSR count). The third kappa shape index (κ3) is 2.41. The lowest BCUT2D eigenvalue weighted by Gasteiger charge is -2.22. The van der Waals surface area contributed by atoms with Crippen LogP contribution in [0.1, 0.15) is 11.1 Å². The molecular weight excluding hydrogens is 208 g/mol. The first-order valence-corrected chi connectivity index (χ1v) is 5.74. The molecule has 0 fully saturated rings. The Hall–Kier alpha value is -1.96. The number of nitrogens with two attached hydrogens (primary N) is 1. The summed E-state index contributed by atoms with van der Waals surface area (Å²) in [4.78, 5) is 2.16. The van der Waals surface area contributed by atoms with Gasteiger partial charge in [-0.15, -0.1) is 0 Å². The van der Waals surface area contributed by atoms with Gasteiger partial charge in [0.15, 0.2) is 0 Å². The lowest BCUT2D eigenvalue weighted by atomic mass is 10.1. The molecule has 2 nitrogen and oxygen atoms in total. The van der Waals surface area contributed by atoms with Crippen molar-refractivity contribution in [3.63, 3.8) is 0 Å². The largest absolute Gasteiger partial charge is 0.399 e. The van der Waals surface area contributed by atoms with Crippen LogP contribution in [0.25, 0.3) is 0 Å². The molecule has 88 valence electrons. The highest BCUT2D eigenvalue weighted by Crippen LogP contribution is 2.28. The van der Waals surface area contributed by atoms with Crippen molar-refractivity contribution in [2.24, 2.45) is 0 Å². The van der Waals surface area contributed by atoms with Gasteiger partial charge in [0.2, 0.25) is 0 Å². The number of aryl methyl sites for hydroxylation is 2. The number of benzene rings is 2. The average Bonchev–Trinajstić information content (AvgIpc) is 2.28. The molecule has 0 amide bonds. The van der Waals surface area contributed by atoms with Crippen molar-refractivity contribution >= 4 is 17.1 Å². The smallest absolute Gasteiger partial charge is 0.0437 e. The first-order chi connectivity index (χ1) is 8.08. The summed E-state index contributed by atoms with van der Waals surface area (Å²) in [6.45, 7) is 4.24. The maximum absolute atomic E-state index is 5.81. The van der Waals surface area contributed by atoms with E-state index in [1.807, 2.05) is 18.2 Å². The minimum Gasteiger partial charge on any atom is -0.399 e. The van der Waals surface area contributed by atoms with Crippen LogP contribution < -0.4 is 10.6 Å². The molecule has 2 aromatic rings. The van der Waals surface area contributed by atoms with E-state index in [1.54, 1.807) is 0 Å². The highest BCUT2D eigenvalue weighted by atomic mass is 15.1. The minimum atomic E-state index is 0.791. The Balaban J connectivity index is 2.40. The predicted octanol–water partition coefficient (Wildman–Crippen LogP) is 3.65. The molecule has 0 aromatic heterocycles. The molecule has 0 unspecified atom stereocenters. The van der Waals surface area contributed by atoms with E-state index in [2.05, 4.69) is 50.1 Å². The second kappa shape index (κ2) is 4.50. The van der Waals surface area contributed by atoms with Crippen LogP contribution in [0, 0.1) is 13.8 Å². The van der Waals surface area contributed by atoms with Crippen molar-refractivity contribution in [2.45, 2.75) is 13.8 Å². The summed E-state index contributed by atoms with van der Waals surface area (Å²) in [6, 6.07) is 14.4. The van der Waals surface area contributed by atoms with Gasteiger partial charge in [-0.25, -0.2) is 0 Å². The van der Waals surface area contributed by atoms with Gasteiger partial charge in [-0.2, -0.15) is 0 Å². The molecule has 0 bridgehead atoms. The minimum absolute atomic E-state index is 0.791. The van der Waals surface area contributed by atoms with E-state index in [-0.39, 0.29) is 0 Å². The number of hydrogen-bond donors (Lipinski definition) is 1. The standard InChI is InChI=1S/C15H18N2/c1-11-7-8-15(12(2)9-11)17(3)14-6-4-5-13(16)10-14/h4-10H,16H2,1-3H3. The summed E-state index contributed by atoms with van der Waals surface area (Å²) in [5, 5.41) is 0. The first kappa shape index (κ1) is 11.5. The van der Waals surface area contributed by atoms with Crippen molar-refractivity contribution in [2.75, 3.05) is 17.7 Å². The summed E-state index contributed by atoms with van der Waals surface area (Å²) in [5.74, 6) is 0. The Bertz CT molecular complexity index is 532. The molecule has 0 spiro atoms. The molecule has 0 aliphatic rings. The van der Waals surface area contributed by atoms with Crippen LogP contribution >= 0.6 is 0 Å². The van der Waals surface area contributed by atoms with Crippen LogP contribution in [0.15, 0.2) is 42.5 Å². The second-order valence-electron chi connectivity index (χ2n) is 4.44. The van der Waals surface area contributed by atoms with E-state index in [4.69, 9.17) is 5.73 Å². The SMILES string of the molecule is Cc1ccc(N(C)c2cccc(N)c2)c(C)c1. The third-order valence-corrected chi connectivity index (χ3v) is 2.97. The molecule has 2 aromatic carbocycles. The zero-order valence-corrected chi connectivity index (χ0v) is 10.6. The lowest BCUT2D eigenvalue weighted by molar-refractivity contribution is 1.18. The summed E-state index contributed by atoms with van der Waals surface area (Å²) in [6.07, 6.45) is 0. The molecule has 0 aliphatic heterocycles. The third-order valence-electron chi connectivity index (χ3n) is 2.97. The normalized spacial score (nSPS) is 10.3. The number of hydrogen-bond acceptors (Lipinski definition) is 2. The van der Waals surface area contributed by atoms with Gasteiger partial charge in [-0.1, -0.05) is 23.8 Å². The molecular formula is C15H18N2. The fourth-order valence-corrected chi connectivity index (χ4v) is 2.05. The molecule has 0 heterocycles. The molecule has 0 atom stereocenters. The Morgan fingerprint density at radius 3 is 2.41 bits per heavy atom. The summed E-state index contributed by atoms with van der Waals surface area (Å²) >= 11 is 0. The van der Waals surface area contributed by atoms with Crippen molar-refractivity contribution in [1.29, 1.82) is 0 Å². The Labute approximate surface area is 103 Å².